The zero-order valence-electron chi connectivity index (χ0n) is 17.2. The summed E-state index contributed by atoms with van der Waals surface area (Å²) in [4.78, 5) is 29.9. The van der Waals surface area contributed by atoms with E-state index in [1.807, 2.05) is 24.3 Å². The summed E-state index contributed by atoms with van der Waals surface area (Å²) in [6.07, 6.45) is 4.13. The third kappa shape index (κ3) is 2.50. The van der Waals surface area contributed by atoms with Crippen molar-refractivity contribution in [2.45, 2.75) is 39.7 Å². The van der Waals surface area contributed by atoms with Crippen LogP contribution in [0.5, 0.6) is 0 Å². The molecule has 2 N–H and O–H groups in total. The molecule has 3 aliphatic rings. The molecule has 3 aliphatic carbocycles. The third-order valence-corrected chi connectivity index (χ3v) is 9.86. The summed E-state index contributed by atoms with van der Waals surface area (Å²) in [5.74, 6) is 3.26. The maximum atomic E-state index is 13.0. The molecule has 1 aromatic carbocycles. The number of fused-ring (bicyclic) bond motifs is 4. The van der Waals surface area contributed by atoms with Crippen LogP contribution in [0.15, 0.2) is 35.4 Å². The molecule has 0 radical (unpaired) electrons. The van der Waals surface area contributed by atoms with Gasteiger partial charge in [-0.3, -0.25) is 0 Å². The van der Waals surface area contributed by atoms with Crippen LogP contribution in [0.2, 0.25) is 0 Å². The van der Waals surface area contributed by atoms with Crippen molar-refractivity contribution in [3.05, 3.63) is 40.9 Å². The third-order valence-electron chi connectivity index (χ3n) is 7.62. The van der Waals surface area contributed by atoms with Crippen molar-refractivity contribution >= 4 is 41.4 Å². The summed E-state index contributed by atoms with van der Waals surface area (Å²) in [5, 5.41) is 4.46. The number of hydrogen-bond acceptors (Lipinski definition) is 5. The van der Waals surface area contributed by atoms with Gasteiger partial charge in [0.05, 0.1) is 0 Å². The van der Waals surface area contributed by atoms with Crippen LogP contribution in [0.25, 0.3) is 26.8 Å². The van der Waals surface area contributed by atoms with E-state index < -0.39 is 0 Å². The van der Waals surface area contributed by atoms with Crippen molar-refractivity contribution < 1.29 is 0 Å². The number of nitrogens with one attached hydrogen (secondary N) is 2. The van der Waals surface area contributed by atoms with Crippen LogP contribution in [-0.2, 0) is 0 Å². The Labute approximate surface area is 179 Å². The SMILES string of the molecule is C[C@@H]1[C@@H](Nc2nc(-n3[se]c4ccccc4c3=O)nc3nc[nH]c23)C[C@H]2C[C@@H]1C2(C)C. The van der Waals surface area contributed by atoms with E-state index in [-0.39, 0.29) is 20.3 Å². The van der Waals surface area contributed by atoms with Crippen molar-refractivity contribution in [1.82, 2.24) is 23.5 Å². The Kier molecular flexibility index (Phi) is 3.84. The fraction of sp³-hybridized carbons (Fsp3) is 0.455. The molecule has 0 saturated heterocycles. The Bertz CT molecular complexity index is 1330. The summed E-state index contributed by atoms with van der Waals surface area (Å²) in [6.45, 7) is 7.18. The molecular weight excluding hydrogens is 443 g/mol. The maximum absolute atomic E-state index is 13.0. The Hall–Kier alpha value is -2.44. The van der Waals surface area contributed by atoms with Crippen LogP contribution in [0.1, 0.15) is 33.6 Å². The van der Waals surface area contributed by atoms with Crippen molar-refractivity contribution in [2.75, 3.05) is 5.32 Å². The van der Waals surface area contributed by atoms with Crippen LogP contribution in [0.3, 0.4) is 0 Å². The van der Waals surface area contributed by atoms with Crippen LogP contribution in [0.4, 0.5) is 5.82 Å². The van der Waals surface area contributed by atoms with Gasteiger partial charge in [-0.25, -0.2) is 0 Å². The molecule has 7 rings (SSSR count). The van der Waals surface area contributed by atoms with Crippen molar-refractivity contribution in [3.63, 3.8) is 0 Å². The summed E-state index contributed by atoms with van der Waals surface area (Å²) < 4.78 is 2.78. The molecule has 4 atom stereocenters. The van der Waals surface area contributed by atoms with Crippen molar-refractivity contribution in [2.24, 2.45) is 23.2 Å². The molecule has 0 aliphatic heterocycles. The van der Waals surface area contributed by atoms with Gasteiger partial charge in [-0.05, 0) is 0 Å². The van der Waals surface area contributed by atoms with Crippen LogP contribution >= 0.6 is 0 Å². The molecule has 3 saturated carbocycles. The number of hydrogen-bond donors (Lipinski definition) is 2. The van der Waals surface area contributed by atoms with Gasteiger partial charge < -0.3 is 0 Å². The van der Waals surface area contributed by atoms with Gasteiger partial charge in [-0.15, -0.1) is 0 Å². The number of imidazole rings is 1. The second kappa shape index (κ2) is 6.28. The quantitative estimate of drug-likeness (QED) is 0.452. The van der Waals surface area contributed by atoms with E-state index in [1.54, 1.807) is 9.89 Å². The summed E-state index contributed by atoms with van der Waals surface area (Å²) >= 11 is -0.168. The molecular formula is C22H24N6OSe. The van der Waals surface area contributed by atoms with E-state index in [9.17, 15) is 4.79 Å². The van der Waals surface area contributed by atoms with Gasteiger partial charge in [0.15, 0.2) is 0 Å². The Morgan fingerprint density at radius 3 is 2.83 bits per heavy atom. The molecule has 7 nitrogen and oxygen atoms in total. The van der Waals surface area contributed by atoms with E-state index in [1.165, 1.54) is 6.42 Å². The first-order valence-corrected chi connectivity index (χ1v) is 12.1. The number of aromatic nitrogens is 5. The Balaban J connectivity index is 1.42. The first-order valence-electron chi connectivity index (χ1n) is 10.5. The van der Waals surface area contributed by atoms with Crippen LogP contribution in [-0.4, -0.2) is 44.3 Å². The van der Waals surface area contributed by atoms with Crippen molar-refractivity contribution in [1.29, 1.82) is 0 Å². The fourth-order valence-corrected chi connectivity index (χ4v) is 7.60. The number of rotatable bonds is 3. The Morgan fingerprint density at radius 2 is 2.07 bits per heavy atom. The van der Waals surface area contributed by atoms with Gasteiger partial charge in [0.2, 0.25) is 0 Å². The standard InChI is InChI=1S/C22H24N6OSe/c1-11-14-8-12(22(14,2)3)9-15(11)25-19-17-18(24-10-23-17)26-21(27-19)28-20(29)13-6-4-5-7-16(13)30-28/h4-7,10-12,14-15H,8-9H2,1-3H3,(H2,23,24,25,26,27)/t11-,12+,14-,15-/m0/s1. The summed E-state index contributed by atoms with van der Waals surface area (Å²) in [7, 11) is 0. The average Bonchev–Trinajstić information content (AvgIpc) is 3.34. The molecule has 0 unspecified atom stereocenters. The molecule has 4 aromatic rings. The average molecular weight is 467 g/mol. The molecule has 2 bridgehead atoms. The molecule has 3 aromatic heterocycles. The minimum absolute atomic E-state index is 0.0273. The zero-order chi connectivity index (χ0) is 20.6. The van der Waals surface area contributed by atoms with E-state index in [4.69, 9.17) is 4.98 Å². The monoisotopic (exact) mass is 468 g/mol. The number of aromatic amines is 1. The van der Waals surface area contributed by atoms with Gasteiger partial charge in [-0.1, -0.05) is 0 Å². The van der Waals surface area contributed by atoms with E-state index in [0.717, 1.165) is 39.2 Å². The van der Waals surface area contributed by atoms with Gasteiger partial charge in [0, 0.05) is 0 Å². The first-order chi connectivity index (χ1) is 14.4. The van der Waals surface area contributed by atoms with Gasteiger partial charge in [0.1, 0.15) is 0 Å². The summed E-state index contributed by atoms with van der Waals surface area (Å²) in [6, 6.07) is 8.13. The molecule has 154 valence electrons. The normalized spacial score (nSPS) is 27.3. The molecule has 3 fully saturated rings. The Morgan fingerprint density at radius 1 is 1.23 bits per heavy atom. The minimum atomic E-state index is -0.168. The number of anilines is 1. The predicted molar refractivity (Wildman–Crippen MR) is 118 cm³/mol. The topological polar surface area (TPSA) is 88.5 Å². The number of H-pyrrole nitrogens is 1. The second-order valence-electron chi connectivity index (χ2n) is 9.37. The van der Waals surface area contributed by atoms with E-state index >= 15 is 0 Å². The first kappa shape index (κ1) is 18.3. The zero-order valence-corrected chi connectivity index (χ0v) is 18.9. The van der Waals surface area contributed by atoms with Gasteiger partial charge >= 0.3 is 180 Å². The number of nitrogens with zero attached hydrogens (tertiary/aromatic N) is 4. The second-order valence-corrected chi connectivity index (χ2v) is 11.4. The molecule has 30 heavy (non-hydrogen) atoms. The number of benzene rings is 1. The van der Waals surface area contributed by atoms with Gasteiger partial charge in [0.25, 0.3) is 0 Å². The predicted octanol–water partition coefficient (Wildman–Crippen LogP) is 3.20. The van der Waals surface area contributed by atoms with Crippen LogP contribution in [0, 0.1) is 23.2 Å². The van der Waals surface area contributed by atoms with Gasteiger partial charge in [-0.2, -0.15) is 0 Å². The van der Waals surface area contributed by atoms with Crippen molar-refractivity contribution in [3.8, 4) is 5.95 Å². The van der Waals surface area contributed by atoms with E-state index in [2.05, 4.69) is 41.0 Å². The molecule has 0 amide bonds. The molecule has 3 heterocycles. The molecule has 8 heteroatoms. The van der Waals surface area contributed by atoms with Crippen LogP contribution < -0.4 is 10.9 Å². The van der Waals surface area contributed by atoms with E-state index in [0.29, 0.717) is 29.0 Å². The summed E-state index contributed by atoms with van der Waals surface area (Å²) in [5.41, 5.74) is 1.81. The molecule has 0 spiro atoms. The fourth-order valence-electron chi connectivity index (χ4n) is 5.64.